The van der Waals surface area contributed by atoms with Crippen molar-refractivity contribution in [1.29, 1.82) is 0 Å². The summed E-state index contributed by atoms with van der Waals surface area (Å²) >= 11 is 7.94. The first-order chi connectivity index (χ1) is 13.9. The Morgan fingerprint density at radius 3 is 2.83 bits per heavy atom. The molecule has 0 saturated heterocycles. The summed E-state index contributed by atoms with van der Waals surface area (Å²) in [6.07, 6.45) is 6.71. The molecule has 0 amide bonds. The molecule has 1 fully saturated rings. The van der Waals surface area contributed by atoms with Gasteiger partial charge < -0.3 is 20.1 Å². The molecular formula is C22H33ClO5S. The van der Waals surface area contributed by atoms with Crippen LogP contribution in [0.4, 0.5) is 0 Å². The normalized spacial score (nSPS) is 26.7. The fourth-order valence-electron chi connectivity index (χ4n) is 3.92. The first-order valence-corrected chi connectivity index (χ1v) is 11.7. The number of aliphatic hydroxyl groups is 3. The Balaban J connectivity index is 1.89. The van der Waals surface area contributed by atoms with Crippen LogP contribution in [-0.4, -0.2) is 52.1 Å². The number of methoxy groups -OCH3 is 1. The highest BCUT2D eigenvalue weighted by molar-refractivity contribution is 7.13. The van der Waals surface area contributed by atoms with Crippen molar-refractivity contribution in [2.75, 3.05) is 7.11 Å². The predicted octanol–water partition coefficient (Wildman–Crippen LogP) is 3.93. The van der Waals surface area contributed by atoms with Crippen molar-refractivity contribution in [2.45, 2.75) is 75.6 Å². The Morgan fingerprint density at radius 2 is 2.14 bits per heavy atom. The van der Waals surface area contributed by atoms with E-state index in [0.717, 1.165) is 37.0 Å². The second-order valence-corrected chi connectivity index (χ2v) is 9.52. The van der Waals surface area contributed by atoms with E-state index in [1.807, 2.05) is 19.1 Å². The van der Waals surface area contributed by atoms with Crippen molar-refractivity contribution in [2.24, 2.45) is 11.8 Å². The van der Waals surface area contributed by atoms with Gasteiger partial charge in [0.1, 0.15) is 4.88 Å². The number of hydrogen-bond donors (Lipinski definition) is 3. The maximum Gasteiger partial charge on any atom is 0.348 e. The molecule has 0 aromatic carbocycles. The molecule has 164 valence electrons. The van der Waals surface area contributed by atoms with E-state index in [-0.39, 0.29) is 23.2 Å². The number of carbonyl (C=O) groups is 1. The number of rotatable bonds is 11. The van der Waals surface area contributed by atoms with Crippen molar-refractivity contribution in [3.8, 4) is 0 Å². The summed E-state index contributed by atoms with van der Waals surface area (Å²) in [6, 6.07) is 3.73. The highest BCUT2D eigenvalue weighted by atomic mass is 35.5. The third kappa shape index (κ3) is 7.07. The van der Waals surface area contributed by atoms with Gasteiger partial charge in [-0.25, -0.2) is 4.79 Å². The Bertz CT molecular complexity index is 661. The summed E-state index contributed by atoms with van der Waals surface area (Å²) in [6.45, 7) is 2.04. The van der Waals surface area contributed by atoms with Gasteiger partial charge in [-0.3, -0.25) is 0 Å². The summed E-state index contributed by atoms with van der Waals surface area (Å²) in [5.41, 5.74) is 0. The molecule has 1 aliphatic rings. The van der Waals surface area contributed by atoms with Crippen LogP contribution in [0.15, 0.2) is 24.3 Å². The maximum atomic E-state index is 11.6. The molecule has 7 heteroatoms. The molecule has 1 heterocycles. The molecular weight excluding hydrogens is 412 g/mol. The Kier molecular flexibility index (Phi) is 10.1. The minimum atomic E-state index is -0.924. The second-order valence-electron chi connectivity index (χ2n) is 7.80. The third-order valence-corrected chi connectivity index (χ3v) is 7.28. The van der Waals surface area contributed by atoms with Gasteiger partial charge in [0, 0.05) is 16.2 Å². The minimum absolute atomic E-state index is 0.114. The number of ether oxygens (including phenoxy) is 1. The molecule has 0 spiro atoms. The number of esters is 1. The summed E-state index contributed by atoms with van der Waals surface area (Å²) in [5, 5.41) is 30.4. The van der Waals surface area contributed by atoms with Gasteiger partial charge in [-0.2, -0.15) is 0 Å². The fraction of sp³-hybridized carbons (Fsp3) is 0.682. The van der Waals surface area contributed by atoms with Crippen LogP contribution in [0.3, 0.4) is 0 Å². The Labute approximate surface area is 182 Å². The van der Waals surface area contributed by atoms with Gasteiger partial charge in [0.2, 0.25) is 0 Å². The molecule has 29 heavy (non-hydrogen) atoms. The van der Waals surface area contributed by atoms with Crippen LogP contribution in [0.25, 0.3) is 0 Å². The van der Waals surface area contributed by atoms with E-state index in [9.17, 15) is 20.1 Å². The number of hydrogen-bond acceptors (Lipinski definition) is 6. The molecule has 5 nitrogen and oxygen atoms in total. The summed E-state index contributed by atoms with van der Waals surface area (Å²) in [7, 11) is 1.38. The van der Waals surface area contributed by atoms with Gasteiger partial charge in [0.05, 0.1) is 25.4 Å². The minimum Gasteiger partial charge on any atom is -0.465 e. The molecule has 1 unspecified atom stereocenters. The van der Waals surface area contributed by atoms with Gasteiger partial charge in [-0.15, -0.1) is 22.9 Å². The van der Waals surface area contributed by atoms with E-state index in [1.54, 1.807) is 12.1 Å². The molecule has 1 aromatic rings. The number of unbranched alkanes of at least 4 members (excludes halogenated alkanes) is 1. The van der Waals surface area contributed by atoms with E-state index in [2.05, 4.69) is 0 Å². The number of aliphatic hydroxyl groups excluding tert-OH is 3. The number of carbonyl (C=O) groups excluding carboxylic acids is 1. The van der Waals surface area contributed by atoms with Crippen LogP contribution in [0.5, 0.6) is 0 Å². The third-order valence-electron chi connectivity index (χ3n) is 5.66. The van der Waals surface area contributed by atoms with E-state index >= 15 is 0 Å². The fourth-order valence-corrected chi connectivity index (χ4v) is 5.37. The number of aryl methyl sites for hydroxylation is 1. The zero-order chi connectivity index (χ0) is 21.4. The lowest BCUT2D eigenvalue weighted by molar-refractivity contribution is 0.0409. The SMILES string of the molecule is CCCCC(O)[C@H](O)C=C[C@H]1[C@@H](CCCc2ccc(C(=O)OC)s2)[C@@H](Cl)C[C@H]1O. The molecule has 2 rings (SSSR count). The zero-order valence-corrected chi connectivity index (χ0v) is 18.7. The quantitative estimate of drug-likeness (QED) is 0.273. The topological polar surface area (TPSA) is 87.0 Å². The van der Waals surface area contributed by atoms with Crippen LogP contribution in [-0.2, 0) is 11.2 Å². The first-order valence-electron chi connectivity index (χ1n) is 10.4. The predicted molar refractivity (Wildman–Crippen MR) is 117 cm³/mol. The van der Waals surface area contributed by atoms with Crippen molar-refractivity contribution in [1.82, 2.24) is 0 Å². The van der Waals surface area contributed by atoms with Gasteiger partial charge in [0.15, 0.2) is 0 Å². The summed E-state index contributed by atoms with van der Waals surface area (Å²) < 4.78 is 4.74. The van der Waals surface area contributed by atoms with E-state index in [0.29, 0.717) is 17.7 Å². The van der Waals surface area contributed by atoms with Crippen LogP contribution < -0.4 is 0 Å². The molecule has 0 bridgehead atoms. The molecule has 0 aliphatic heterocycles. The first kappa shape index (κ1) is 24.4. The summed E-state index contributed by atoms with van der Waals surface area (Å²) in [5.74, 6) is -0.326. The van der Waals surface area contributed by atoms with Crippen LogP contribution in [0.2, 0.25) is 0 Å². The average Bonchev–Trinajstić information content (AvgIpc) is 3.28. The van der Waals surface area contributed by atoms with Crippen molar-refractivity contribution in [3.05, 3.63) is 34.0 Å². The highest BCUT2D eigenvalue weighted by Gasteiger charge is 2.39. The number of alkyl halides is 1. The Hall–Kier alpha value is -0.920. The molecule has 1 aliphatic carbocycles. The number of halogens is 1. The zero-order valence-electron chi connectivity index (χ0n) is 17.2. The largest absolute Gasteiger partial charge is 0.465 e. The van der Waals surface area contributed by atoms with Gasteiger partial charge in [-0.1, -0.05) is 31.9 Å². The van der Waals surface area contributed by atoms with E-state index in [4.69, 9.17) is 16.3 Å². The smallest absolute Gasteiger partial charge is 0.348 e. The molecule has 3 N–H and O–H groups in total. The van der Waals surface area contributed by atoms with Crippen LogP contribution in [0.1, 0.15) is 60.0 Å². The molecule has 1 aromatic heterocycles. The van der Waals surface area contributed by atoms with Crippen molar-refractivity contribution < 1.29 is 24.9 Å². The standard InChI is InChI=1S/C22H33ClO5S/c1-3-4-8-18(24)19(25)11-10-16-15(17(23)13-20(16)26)7-5-6-14-9-12-21(29-14)22(27)28-2/h9-12,15-20,24-26H,3-8,13H2,1-2H3/t15-,16+,17+,18?,19-,20-/m1/s1. The molecule has 1 saturated carbocycles. The highest BCUT2D eigenvalue weighted by Crippen LogP contribution is 2.40. The van der Waals surface area contributed by atoms with E-state index < -0.39 is 18.3 Å². The van der Waals surface area contributed by atoms with Gasteiger partial charge in [0.25, 0.3) is 0 Å². The second kappa shape index (κ2) is 12.1. The van der Waals surface area contributed by atoms with Crippen molar-refractivity contribution >= 4 is 28.9 Å². The molecule has 6 atom stereocenters. The van der Waals surface area contributed by atoms with E-state index in [1.165, 1.54) is 18.4 Å². The van der Waals surface area contributed by atoms with Crippen molar-refractivity contribution in [3.63, 3.8) is 0 Å². The lowest BCUT2D eigenvalue weighted by Crippen LogP contribution is -2.25. The summed E-state index contributed by atoms with van der Waals surface area (Å²) in [4.78, 5) is 13.3. The number of thiophene rings is 1. The van der Waals surface area contributed by atoms with Crippen LogP contribution in [0, 0.1) is 11.8 Å². The van der Waals surface area contributed by atoms with Gasteiger partial charge >= 0.3 is 5.97 Å². The maximum absolute atomic E-state index is 11.6. The monoisotopic (exact) mass is 444 g/mol. The molecule has 0 radical (unpaired) electrons. The van der Waals surface area contributed by atoms with Gasteiger partial charge in [-0.05, 0) is 50.2 Å². The van der Waals surface area contributed by atoms with Crippen LogP contribution >= 0.6 is 22.9 Å². The lowest BCUT2D eigenvalue weighted by atomic mass is 9.88. The Morgan fingerprint density at radius 1 is 1.38 bits per heavy atom. The lowest BCUT2D eigenvalue weighted by Gasteiger charge is -2.21. The average molecular weight is 445 g/mol.